The molecule has 0 spiro atoms. The largest absolute Gasteiger partial charge is 0.493 e. The molecule has 5 rings (SSSR count). The Morgan fingerprint density at radius 2 is 1.73 bits per heavy atom. The number of H-pyrrole nitrogens is 1. The van der Waals surface area contributed by atoms with Gasteiger partial charge in [0.15, 0.2) is 0 Å². The summed E-state index contributed by atoms with van der Waals surface area (Å²) >= 11 is 0. The van der Waals surface area contributed by atoms with Crippen molar-refractivity contribution in [2.24, 2.45) is 0 Å². The number of aromatic amines is 1. The van der Waals surface area contributed by atoms with Gasteiger partial charge < -0.3 is 29.9 Å². The van der Waals surface area contributed by atoms with Crippen molar-refractivity contribution in [3.8, 4) is 28.1 Å². The summed E-state index contributed by atoms with van der Waals surface area (Å²) in [6.07, 6.45) is -2.04. The summed E-state index contributed by atoms with van der Waals surface area (Å²) in [4.78, 5) is 33.9. The summed E-state index contributed by atoms with van der Waals surface area (Å²) in [6, 6.07) is 16.7. The first-order valence-electron chi connectivity index (χ1n) is 13.9. The van der Waals surface area contributed by atoms with E-state index in [2.05, 4.69) is 69.0 Å². The van der Waals surface area contributed by atoms with Gasteiger partial charge >= 0.3 is 12.1 Å². The molecule has 1 saturated heterocycles. The van der Waals surface area contributed by atoms with Crippen LogP contribution in [0, 0.1) is 6.92 Å². The Kier molecular flexibility index (Phi) is 9.94. The Balaban J connectivity index is 0.000000566. The van der Waals surface area contributed by atoms with Crippen LogP contribution in [0.15, 0.2) is 67.4 Å². The lowest BCUT2D eigenvalue weighted by molar-refractivity contribution is -0.192. The number of aryl methyl sites for hydroxylation is 1. The number of likely N-dealkylation sites (N-methyl/N-ethyl adjacent to an activating group) is 1. The molecule has 4 aromatic rings. The van der Waals surface area contributed by atoms with E-state index < -0.39 is 12.1 Å². The van der Waals surface area contributed by atoms with Gasteiger partial charge in [-0.05, 0) is 67.9 Å². The van der Waals surface area contributed by atoms with Crippen molar-refractivity contribution in [1.29, 1.82) is 0 Å². The summed E-state index contributed by atoms with van der Waals surface area (Å²) in [5, 5.41) is 11.0. The van der Waals surface area contributed by atoms with E-state index in [1.807, 2.05) is 32.0 Å². The maximum Gasteiger partial charge on any atom is 0.490 e. The van der Waals surface area contributed by atoms with Gasteiger partial charge in [-0.25, -0.2) is 9.78 Å². The third-order valence-electron chi connectivity index (χ3n) is 7.19. The van der Waals surface area contributed by atoms with Crippen molar-refractivity contribution in [2.75, 3.05) is 50.1 Å². The molecule has 9 nitrogen and oxygen atoms in total. The Labute approximate surface area is 253 Å². The molecule has 0 atom stereocenters. The van der Waals surface area contributed by atoms with Gasteiger partial charge in [0.1, 0.15) is 11.4 Å². The van der Waals surface area contributed by atoms with Crippen LogP contribution in [0.3, 0.4) is 0 Å². The molecule has 44 heavy (non-hydrogen) atoms. The molecule has 1 amide bonds. The monoisotopic (exact) mass is 609 g/mol. The Morgan fingerprint density at radius 3 is 2.32 bits per heavy atom. The van der Waals surface area contributed by atoms with Crippen LogP contribution in [0.1, 0.15) is 12.5 Å². The second-order valence-electron chi connectivity index (χ2n) is 10.2. The zero-order valence-electron chi connectivity index (χ0n) is 24.7. The van der Waals surface area contributed by atoms with Crippen LogP contribution in [0.2, 0.25) is 0 Å². The standard InChI is InChI=1S/C30H33N5O2.C2HF3O2/c1-5-26(36)32-24-19-22(8-7-20(24)3)27-28-25(37-6-2)13-14-31-30(28)33-29(27)21-9-11-23(12-10-21)35-17-15-34(4)16-18-35;3-2(4,5)1(6)7/h5,7-14,19H,1,6,15-18H2,2-4H3,(H,31,33)(H,32,36);(H,6,7). The predicted octanol–water partition coefficient (Wildman–Crippen LogP) is 6.11. The number of aliphatic carboxylic acids is 1. The fourth-order valence-corrected chi connectivity index (χ4v) is 4.87. The highest BCUT2D eigenvalue weighted by Crippen LogP contribution is 2.43. The molecular weight excluding hydrogens is 575 g/mol. The highest BCUT2D eigenvalue weighted by Gasteiger charge is 2.38. The zero-order valence-corrected chi connectivity index (χ0v) is 24.7. The molecule has 12 heteroatoms. The van der Waals surface area contributed by atoms with Crippen LogP contribution in [0.25, 0.3) is 33.4 Å². The molecule has 0 saturated carbocycles. The van der Waals surface area contributed by atoms with E-state index in [0.717, 1.165) is 76.6 Å². The van der Waals surface area contributed by atoms with Crippen molar-refractivity contribution in [3.63, 3.8) is 0 Å². The highest BCUT2D eigenvalue weighted by molar-refractivity contribution is 6.07. The first-order chi connectivity index (χ1) is 20.9. The second kappa shape index (κ2) is 13.6. The number of hydrogen-bond acceptors (Lipinski definition) is 6. The average molecular weight is 610 g/mol. The number of anilines is 2. The number of amides is 1. The van der Waals surface area contributed by atoms with Crippen LogP contribution in [-0.4, -0.2) is 77.9 Å². The maximum absolute atomic E-state index is 12.1. The normalized spacial score (nSPS) is 13.6. The van der Waals surface area contributed by atoms with Gasteiger partial charge in [-0.2, -0.15) is 13.2 Å². The molecule has 2 aromatic heterocycles. The van der Waals surface area contributed by atoms with E-state index in [-0.39, 0.29) is 5.91 Å². The van der Waals surface area contributed by atoms with Crippen LogP contribution in [0.4, 0.5) is 24.5 Å². The summed E-state index contributed by atoms with van der Waals surface area (Å²) in [5.41, 5.74) is 7.69. The van der Waals surface area contributed by atoms with Gasteiger partial charge in [-0.3, -0.25) is 4.79 Å². The Morgan fingerprint density at radius 1 is 1.09 bits per heavy atom. The molecule has 1 aliphatic rings. The minimum atomic E-state index is -5.08. The van der Waals surface area contributed by atoms with Gasteiger partial charge in [-0.1, -0.05) is 30.8 Å². The number of carboxylic acids is 1. The number of nitrogens with one attached hydrogen (secondary N) is 2. The fourth-order valence-electron chi connectivity index (χ4n) is 4.87. The SMILES string of the molecule is C=CC(=O)Nc1cc(-c2c(-c3ccc(N4CCN(C)CC4)cc3)[nH]c3nccc(OCC)c23)ccc1C.O=C(O)C(F)(F)F. The molecule has 0 unspecified atom stereocenters. The number of carboxylic acid groups (broad SMARTS) is 1. The Bertz CT molecular complexity index is 1640. The number of fused-ring (bicyclic) bond motifs is 1. The zero-order chi connectivity index (χ0) is 32.0. The first-order valence-corrected chi connectivity index (χ1v) is 13.9. The number of nitrogens with zero attached hydrogens (tertiary/aromatic N) is 3. The van der Waals surface area contributed by atoms with E-state index >= 15 is 0 Å². The number of rotatable bonds is 7. The summed E-state index contributed by atoms with van der Waals surface area (Å²) in [5.74, 6) is -2.22. The van der Waals surface area contributed by atoms with E-state index in [9.17, 15) is 18.0 Å². The number of hydrogen-bond donors (Lipinski definition) is 3. The number of piperazine rings is 1. The lowest BCUT2D eigenvalue weighted by atomic mass is 9.96. The van der Waals surface area contributed by atoms with Crippen LogP contribution < -0.4 is 15.0 Å². The fraction of sp³-hybridized carbons (Fsp3) is 0.281. The Hall–Kier alpha value is -4.84. The summed E-state index contributed by atoms with van der Waals surface area (Å²) in [7, 11) is 2.17. The number of alkyl halides is 3. The van der Waals surface area contributed by atoms with Crippen LogP contribution in [0.5, 0.6) is 5.75 Å². The van der Waals surface area contributed by atoms with Crippen molar-refractivity contribution in [1.82, 2.24) is 14.9 Å². The van der Waals surface area contributed by atoms with E-state index in [4.69, 9.17) is 14.6 Å². The third-order valence-corrected chi connectivity index (χ3v) is 7.19. The number of benzene rings is 2. The summed E-state index contributed by atoms with van der Waals surface area (Å²) < 4.78 is 37.8. The number of halogens is 3. The molecule has 0 bridgehead atoms. The van der Waals surface area contributed by atoms with E-state index in [1.165, 1.54) is 11.8 Å². The average Bonchev–Trinajstić information content (AvgIpc) is 3.39. The lowest BCUT2D eigenvalue weighted by Gasteiger charge is -2.34. The van der Waals surface area contributed by atoms with Gasteiger partial charge in [0.25, 0.3) is 0 Å². The molecule has 0 aliphatic carbocycles. The van der Waals surface area contributed by atoms with E-state index in [0.29, 0.717) is 6.61 Å². The molecule has 1 fully saturated rings. The molecule has 232 valence electrons. The molecular formula is C32H34F3N5O4. The van der Waals surface area contributed by atoms with Crippen molar-refractivity contribution < 1.29 is 32.6 Å². The quantitative estimate of drug-likeness (QED) is 0.217. The number of ether oxygens (including phenoxy) is 1. The third kappa shape index (κ3) is 7.38. The van der Waals surface area contributed by atoms with Gasteiger partial charge in [-0.15, -0.1) is 0 Å². The van der Waals surface area contributed by atoms with Gasteiger partial charge in [0.2, 0.25) is 5.91 Å². The topological polar surface area (TPSA) is 111 Å². The maximum atomic E-state index is 12.1. The molecule has 2 aromatic carbocycles. The van der Waals surface area contributed by atoms with Crippen molar-refractivity contribution in [3.05, 3.63) is 72.9 Å². The van der Waals surface area contributed by atoms with Crippen LogP contribution >= 0.6 is 0 Å². The number of aromatic nitrogens is 2. The predicted molar refractivity (Wildman–Crippen MR) is 165 cm³/mol. The van der Waals surface area contributed by atoms with Crippen molar-refractivity contribution >= 4 is 34.3 Å². The minimum absolute atomic E-state index is 0.240. The molecule has 3 N–H and O–H groups in total. The van der Waals surface area contributed by atoms with Crippen molar-refractivity contribution in [2.45, 2.75) is 20.0 Å². The second-order valence-corrected chi connectivity index (χ2v) is 10.2. The van der Waals surface area contributed by atoms with E-state index in [1.54, 1.807) is 6.20 Å². The molecule has 1 aliphatic heterocycles. The molecule has 3 heterocycles. The number of pyridine rings is 1. The molecule has 0 radical (unpaired) electrons. The van der Waals surface area contributed by atoms with Gasteiger partial charge in [0.05, 0.1) is 17.7 Å². The van der Waals surface area contributed by atoms with Gasteiger partial charge in [0, 0.05) is 49.3 Å². The number of carbonyl (C=O) groups excluding carboxylic acids is 1. The number of carbonyl (C=O) groups is 2. The first kappa shape index (κ1) is 32.1. The smallest absolute Gasteiger partial charge is 0.490 e. The van der Waals surface area contributed by atoms with Crippen LogP contribution in [-0.2, 0) is 9.59 Å². The lowest BCUT2D eigenvalue weighted by Crippen LogP contribution is -2.44. The highest BCUT2D eigenvalue weighted by atomic mass is 19.4. The summed E-state index contributed by atoms with van der Waals surface area (Å²) in [6.45, 7) is 12.3. The minimum Gasteiger partial charge on any atom is -0.493 e.